The van der Waals surface area contributed by atoms with E-state index in [-0.39, 0.29) is 17.2 Å². The van der Waals surface area contributed by atoms with Gasteiger partial charge in [0.25, 0.3) is 0 Å². The molecule has 4 heteroatoms. The van der Waals surface area contributed by atoms with Gasteiger partial charge in [0.05, 0.1) is 0 Å². The second-order valence-electron chi connectivity index (χ2n) is 6.50. The molecule has 1 saturated heterocycles. The lowest BCUT2D eigenvalue weighted by molar-refractivity contribution is -0.136. The lowest BCUT2D eigenvalue weighted by Gasteiger charge is -2.32. The van der Waals surface area contributed by atoms with Gasteiger partial charge in [-0.1, -0.05) is 47.0 Å². The minimum atomic E-state index is -0.395. The van der Waals surface area contributed by atoms with E-state index in [0.717, 1.165) is 19.4 Å². The average molecular weight is 268 g/mol. The quantitative estimate of drug-likeness (QED) is 0.778. The van der Waals surface area contributed by atoms with E-state index in [2.05, 4.69) is 12.2 Å². The van der Waals surface area contributed by atoms with Crippen LogP contribution in [-0.4, -0.2) is 35.8 Å². The van der Waals surface area contributed by atoms with Crippen LogP contribution in [0.15, 0.2) is 0 Å². The molecule has 1 N–H and O–H groups in total. The Hall–Kier alpha value is -1.06. The number of nitrogens with one attached hydrogen (secondary N) is 1. The predicted molar refractivity (Wildman–Crippen MR) is 76.7 cm³/mol. The van der Waals surface area contributed by atoms with Gasteiger partial charge in [0.2, 0.25) is 11.8 Å². The largest absolute Gasteiger partial charge is 0.344 e. The topological polar surface area (TPSA) is 49.4 Å². The van der Waals surface area contributed by atoms with Crippen molar-refractivity contribution in [1.82, 2.24) is 10.2 Å². The maximum absolute atomic E-state index is 12.5. The highest BCUT2D eigenvalue weighted by molar-refractivity contribution is 5.90. The van der Waals surface area contributed by atoms with E-state index in [1.165, 1.54) is 12.8 Å². The van der Waals surface area contributed by atoms with Gasteiger partial charge in [0.15, 0.2) is 0 Å². The Bertz CT molecular complexity index is 321. The minimum absolute atomic E-state index is 0.00988. The van der Waals surface area contributed by atoms with Crippen LogP contribution in [0.25, 0.3) is 0 Å². The Balaban J connectivity index is 2.65. The van der Waals surface area contributed by atoms with Gasteiger partial charge in [0, 0.05) is 19.5 Å². The molecule has 19 heavy (non-hydrogen) atoms. The van der Waals surface area contributed by atoms with Crippen LogP contribution >= 0.6 is 0 Å². The van der Waals surface area contributed by atoms with Crippen LogP contribution in [0.2, 0.25) is 0 Å². The summed E-state index contributed by atoms with van der Waals surface area (Å²) in [5.41, 5.74) is -0.237. The molecule has 0 aromatic heterocycles. The van der Waals surface area contributed by atoms with Crippen molar-refractivity contribution >= 4 is 11.8 Å². The second kappa shape index (κ2) is 6.92. The molecule has 1 aliphatic rings. The molecular weight excluding hydrogens is 240 g/mol. The Kier molecular flexibility index (Phi) is 5.83. The standard InChI is InChI=1S/C15H28N2O2/c1-5-6-7-8-10-17-11-9-12(18)16-13(14(17)19)15(2,3)4/h13H,5-11H2,1-4H3,(H,16,18). The highest BCUT2D eigenvalue weighted by Crippen LogP contribution is 2.23. The Labute approximate surface area is 116 Å². The van der Waals surface area contributed by atoms with Crippen LogP contribution in [0.5, 0.6) is 0 Å². The van der Waals surface area contributed by atoms with Gasteiger partial charge in [-0.2, -0.15) is 0 Å². The zero-order valence-corrected chi connectivity index (χ0v) is 12.8. The molecule has 1 heterocycles. The molecule has 1 atom stereocenters. The third kappa shape index (κ3) is 4.84. The van der Waals surface area contributed by atoms with E-state index in [9.17, 15) is 9.59 Å². The van der Waals surface area contributed by atoms with E-state index in [1.54, 1.807) is 0 Å². The molecule has 1 unspecified atom stereocenters. The third-order valence-electron chi connectivity index (χ3n) is 3.62. The molecule has 0 aliphatic carbocycles. The lowest BCUT2D eigenvalue weighted by Crippen LogP contribution is -2.52. The fraction of sp³-hybridized carbons (Fsp3) is 0.867. The summed E-state index contributed by atoms with van der Waals surface area (Å²) < 4.78 is 0. The fourth-order valence-corrected chi connectivity index (χ4v) is 2.36. The maximum atomic E-state index is 12.5. The number of amides is 2. The molecule has 1 rings (SSSR count). The Morgan fingerprint density at radius 2 is 1.89 bits per heavy atom. The van der Waals surface area contributed by atoms with Crippen molar-refractivity contribution in [2.45, 2.75) is 65.8 Å². The molecule has 0 aromatic carbocycles. The van der Waals surface area contributed by atoms with Gasteiger partial charge in [0.1, 0.15) is 6.04 Å². The van der Waals surface area contributed by atoms with E-state index in [0.29, 0.717) is 13.0 Å². The van der Waals surface area contributed by atoms with E-state index in [1.807, 2.05) is 25.7 Å². The first kappa shape index (κ1) is 16.0. The van der Waals surface area contributed by atoms with Crippen LogP contribution in [0.1, 0.15) is 59.8 Å². The first-order valence-corrected chi connectivity index (χ1v) is 7.44. The van der Waals surface area contributed by atoms with Crippen LogP contribution in [0, 0.1) is 5.41 Å². The summed E-state index contributed by atoms with van der Waals surface area (Å²) in [4.78, 5) is 26.1. The molecular formula is C15H28N2O2. The number of hydrogen-bond acceptors (Lipinski definition) is 2. The van der Waals surface area contributed by atoms with E-state index < -0.39 is 6.04 Å². The smallest absolute Gasteiger partial charge is 0.245 e. The first-order chi connectivity index (χ1) is 8.86. The van der Waals surface area contributed by atoms with Crippen molar-refractivity contribution in [2.75, 3.05) is 13.1 Å². The third-order valence-corrected chi connectivity index (χ3v) is 3.62. The molecule has 1 fully saturated rings. The SMILES string of the molecule is CCCCCCN1CCC(=O)NC(C(C)(C)C)C1=O. The van der Waals surface area contributed by atoms with Gasteiger partial charge in [-0.05, 0) is 11.8 Å². The van der Waals surface area contributed by atoms with Gasteiger partial charge in [-0.25, -0.2) is 0 Å². The number of unbranched alkanes of at least 4 members (excludes halogenated alkanes) is 3. The van der Waals surface area contributed by atoms with Crippen molar-refractivity contribution in [3.63, 3.8) is 0 Å². The molecule has 110 valence electrons. The summed E-state index contributed by atoms with van der Waals surface area (Å²) in [6, 6.07) is -0.395. The van der Waals surface area contributed by atoms with Crippen LogP contribution in [0.3, 0.4) is 0 Å². The zero-order chi connectivity index (χ0) is 14.5. The molecule has 0 radical (unpaired) electrons. The number of nitrogens with zero attached hydrogens (tertiary/aromatic N) is 1. The summed E-state index contributed by atoms with van der Waals surface area (Å²) >= 11 is 0. The van der Waals surface area contributed by atoms with Crippen molar-refractivity contribution in [2.24, 2.45) is 5.41 Å². The number of rotatable bonds is 5. The highest BCUT2D eigenvalue weighted by atomic mass is 16.2. The van der Waals surface area contributed by atoms with Crippen LogP contribution in [-0.2, 0) is 9.59 Å². The predicted octanol–water partition coefficient (Wildman–Crippen LogP) is 2.33. The van der Waals surface area contributed by atoms with Crippen molar-refractivity contribution < 1.29 is 9.59 Å². The average Bonchev–Trinajstić information content (AvgIpc) is 2.46. The summed E-state index contributed by atoms with van der Waals surface area (Å²) in [6.45, 7) is 9.50. The maximum Gasteiger partial charge on any atom is 0.245 e. The lowest BCUT2D eigenvalue weighted by atomic mass is 9.86. The number of carbonyl (C=O) groups is 2. The van der Waals surface area contributed by atoms with Crippen molar-refractivity contribution in [3.05, 3.63) is 0 Å². The molecule has 4 nitrogen and oxygen atoms in total. The van der Waals surface area contributed by atoms with Crippen LogP contribution in [0.4, 0.5) is 0 Å². The van der Waals surface area contributed by atoms with Crippen LogP contribution < -0.4 is 5.32 Å². The first-order valence-electron chi connectivity index (χ1n) is 7.44. The summed E-state index contributed by atoms with van der Waals surface area (Å²) in [7, 11) is 0. The molecule has 2 amide bonds. The normalized spacial score (nSPS) is 21.3. The Morgan fingerprint density at radius 3 is 2.47 bits per heavy atom. The molecule has 0 saturated carbocycles. The van der Waals surface area contributed by atoms with Gasteiger partial charge < -0.3 is 10.2 Å². The second-order valence-corrected chi connectivity index (χ2v) is 6.50. The van der Waals surface area contributed by atoms with Gasteiger partial charge >= 0.3 is 0 Å². The summed E-state index contributed by atoms with van der Waals surface area (Å²) in [5, 5.41) is 2.87. The van der Waals surface area contributed by atoms with Gasteiger partial charge in [-0.3, -0.25) is 9.59 Å². The van der Waals surface area contributed by atoms with E-state index >= 15 is 0 Å². The molecule has 0 bridgehead atoms. The van der Waals surface area contributed by atoms with Crippen molar-refractivity contribution in [3.8, 4) is 0 Å². The van der Waals surface area contributed by atoms with Gasteiger partial charge in [-0.15, -0.1) is 0 Å². The van der Waals surface area contributed by atoms with Crippen molar-refractivity contribution in [1.29, 1.82) is 0 Å². The number of hydrogen-bond donors (Lipinski definition) is 1. The fourth-order valence-electron chi connectivity index (χ4n) is 2.36. The molecule has 0 spiro atoms. The summed E-state index contributed by atoms with van der Waals surface area (Å²) in [5.74, 6) is 0.0687. The summed E-state index contributed by atoms with van der Waals surface area (Å²) in [6.07, 6.45) is 5.01. The molecule has 0 aromatic rings. The zero-order valence-electron chi connectivity index (χ0n) is 12.8. The molecule has 1 aliphatic heterocycles. The van der Waals surface area contributed by atoms with E-state index in [4.69, 9.17) is 0 Å². The monoisotopic (exact) mass is 268 g/mol. The Morgan fingerprint density at radius 1 is 1.21 bits per heavy atom. The number of carbonyl (C=O) groups excluding carboxylic acids is 2. The minimum Gasteiger partial charge on any atom is -0.344 e. The highest BCUT2D eigenvalue weighted by Gasteiger charge is 2.37.